The van der Waals surface area contributed by atoms with E-state index in [-0.39, 0.29) is 16.9 Å². The van der Waals surface area contributed by atoms with E-state index in [1.54, 1.807) is 38.0 Å². The van der Waals surface area contributed by atoms with Crippen LogP contribution in [0.5, 0.6) is 5.75 Å². The number of fused-ring (bicyclic) bond motifs is 1. The van der Waals surface area contributed by atoms with Gasteiger partial charge in [-0.3, -0.25) is 9.69 Å². The minimum absolute atomic E-state index is 0.0622. The fourth-order valence-electron chi connectivity index (χ4n) is 4.02. The fraction of sp³-hybridized carbons (Fsp3) is 0.417. The molecule has 1 amide bonds. The van der Waals surface area contributed by atoms with Gasteiger partial charge in [0.15, 0.2) is 5.13 Å². The normalized spacial score (nSPS) is 16.3. The van der Waals surface area contributed by atoms with Gasteiger partial charge in [0.05, 0.1) is 34.9 Å². The molecule has 34 heavy (non-hydrogen) atoms. The molecule has 2 aromatic carbocycles. The summed E-state index contributed by atoms with van der Waals surface area (Å²) in [5.74, 6) is 0.458. The first kappa shape index (κ1) is 24.6. The Balaban J connectivity index is 1.66. The summed E-state index contributed by atoms with van der Waals surface area (Å²) in [4.78, 5) is 20.1. The summed E-state index contributed by atoms with van der Waals surface area (Å²) in [7, 11) is -1.99. The van der Waals surface area contributed by atoms with Gasteiger partial charge in [-0.25, -0.2) is 13.4 Å². The van der Waals surface area contributed by atoms with E-state index < -0.39 is 10.0 Å². The molecule has 1 fully saturated rings. The first-order valence-electron chi connectivity index (χ1n) is 11.4. The molecule has 4 rings (SSSR count). The van der Waals surface area contributed by atoms with Crippen LogP contribution in [0.25, 0.3) is 10.2 Å². The predicted octanol–water partition coefficient (Wildman–Crippen LogP) is 4.16. The maximum atomic E-state index is 13.6. The van der Waals surface area contributed by atoms with Gasteiger partial charge in [-0.1, -0.05) is 25.2 Å². The Morgan fingerprint density at radius 2 is 1.91 bits per heavy atom. The Kier molecular flexibility index (Phi) is 7.51. The van der Waals surface area contributed by atoms with Crippen LogP contribution in [0.3, 0.4) is 0 Å². The lowest BCUT2D eigenvalue weighted by Gasteiger charge is -2.23. The van der Waals surface area contributed by atoms with Crippen molar-refractivity contribution in [3.63, 3.8) is 0 Å². The molecular weight excluding hydrogens is 474 g/mol. The van der Waals surface area contributed by atoms with Crippen molar-refractivity contribution in [1.82, 2.24) is 9.29 Å². The Hall–Kier alpha value is -2.53. The van der Waals surface area contributed by atoms with Crippen LogP contribution in [-0.2, 0) is 14.8 Å². The number of hydrogen-bond donors (Lipinski definition) is 0. The molecule has 1 atom stereocenters. The van der Waals surface area contributed by atoms with E-state index in [0.717, 1.165) is 23.1 Å². The zero-order valence-electron chi connectivity index (χ0n) is 19.6. The third kappa shape index (κ3) is 4.95. The van der Waals surface area contributed by atoms with Crippen LogP contribution in [0.1, 0.15) is 37.0 Å². The van der Waals surface area contributed by atoms with Gasteiger partial charge in [0.2, 0.25) is 10.0 Å². The molecule has 1 aliphatic rings. The Morgan fingerprint density at radius 1 is 1.18 bits per heavy atom. The van der Waals surface area contributed by atoms with E-state index in [1.165, 1.54) is 27.8 Å². The molecule has 0 aliphatic carbocycles. The van der Waals surface area contributed by atoms with Gasteiger partial charge in [-0.05, 0) is 49.2 Å². The SMILES string of the molecule is CCN(CC)S(=O)(=O)c1ccc(C(=O)N(CC2CCCO2)c2nc3cc(OC)ccc3s2)cc1. The van der Waals surface area contributed by atoms with E-state index in [9.17, 15) is 13.2 Å². The number of aromatic nitrogens is 1. The number of ether oxygens (including phenoxy) is 2. The zero-order chi connectivity index (χ0) is 24.3. The molecule has 0 radical (unpaired) electrons. The first-order valence-corrected chi connectivity index (χ1v) is 13.6. The smallest absolute Gasteiger partial charge is 0.260 e. The monoisotopic (exact) mass is 503 g/mol. The molecule has 0 spiro atoms. The van der Waals surface area contributed by atoms with Crippen molar-refractivity contribution in [2.75, 3.05) is 38.3 Å². The highest BCUT2D eigenvalue weighted by atomic mass is 32.2. The van der Waals surface area contributed by atoms with Gasteiger partial charge in [0, 0.05) is 31.3 Å². The van der Waals surface area contributed by atoms with Crippen LogP contribution in [-0.4, -0.2) is 63.1 Å². The quantitative estimate of drug-likeness (QED) is 0.436. The number of sulfonamides is 1. The van der Waals surface area contributed by atoms with Crippen molar-refractivity contribution in [3.05, 3.63) is 48.0 Å². The van der Waals surface area contributed by atoms with Gasteiger partial charge in [0.25, 0.3) is 5.91 Å². The van der Waals surface area contributed by atoms with Gasteiger partial charge in [-0.2, -0.15) is 4.31 Å². The number of benzene rings is 2. The lowest BCUT2D eigenvalue weighted by molar-refractivity contribution is 0.0917. The standard InChI is InChI=1S/C24H29N3O5S2/c1-4-26(5-2)34(29,30)20-11-8-17(9-12-20)23(28)27(16-19-7-6-14-32-19)24-25-21-15-18(31-3)10-13-22(21)33-24/h8-13,15,19H,4-7,14,16H2,1-3H3. The van der Waals surface area contributed by atoms with E-state index in [2.05, 4.69) is 0 Å². The maximum absolute atomic E-state index is 13.6. The van der Waals surface area contributed by atoms with Crippen LogP contribution in [0.4, 0.5) is 5.13 Å². The third-order valence-electron chi connectivity index (χ3n) is 5.91. The third-order valence-corrected chi connectivity index (χ3v) is 9.04. The van der Waals surface area contributed by atoms with Crippen LogP contribution >= 0.6 is 11.3 Å². The van der Waals surface area contributed by atoms with Crippen LogP contribution in [0.15, 0.2) is 47.4 Å². The zero-order valence-corrected chi connectivity index (χ0v) is 21.2. The minimum atomic E-state index is -3.59. The summed E-state index contributed by atoms with van der Waals surface area (Å²) in [6.07, 6.45) is 1.78. The summed E-state index contributed by atoms with van der Waals surface area (Å²) in [5, 5.41) is 0.573. The molecule has 0 bridgehead atoms. The second-order valence-electron chi connectivity index (χ2n) is 7.99. The number of carbonyl (C=O) groups is 1. The van der Waals surface area contributed by atoms with Gasteiger partial charge in [0.1, 0.15) is 5.75 Å². The van der Waals surface area contributed by atoms with E-state index in [4.69, 9.17) is 14.5 Å². The van der Waals surface area contributed by atoms with Crippen molar-refractivity contribution < 1.29 is 22.7 Å². The molecule has 1 saturated heterocycles. The second-order valence-corrected chi connectivity index (χ2v) is 10.9. The topological polar surface area (TPSA) is 89.0 Å². The van der Waals surface area contributed by atoms with E-state index >= 15 is 0 Å². The van der Waals surface area contributed by atoms with Gasteiger partial charge >= 0.3 is 0 Å². The van der Waals surface area contributed by atoms with E-state index in [0.29, 0.717) is 42.7 Å². The summed E-state index contributed by atoms with van der Waals surface area (Å²) >= 11 is 1.43. The number of methoxy groups -OCH3 is 1. The average molecular weight is 504 g/mol. The number of nitrogens with zero attached hydrogens (tertiary/aromatic N) is 3. The summed E-state index contributed by atoms with van der Waals surface area (Å²) < 4.78 is 39.0. The summed E-state index contributed by atoms with van der Waals surface area (Å²) in [5.41, 5.74) is 1.15. The predicted molar refractivity (Wildman–Crippen MR) is 133 cm³/mol. The maximum Gasteiger partial charge on any atom is 0.260 e. The molecule has 10 heteroatoms. The summed E-state index contributed by atoms with van der Waals surface area (Å²) in [6.45, 7) is 5.44. The molecule has 1 unspecified atom stereocenters. The van der Waals surface area contributed by atoms with Crippen molar-refractivity contribution in [2.24, 2.45) is 0 Å². The van der Waals surface area contributed by atoms with Crippen molar-refractivity contribution >= 4 is 42.6 Å². The highest BCUT2D eigenvalue weighted by Crippen LogP contribution is 2.33. The van der Waals surface area contributed by atoms with Gasteiger partial charge < -0.3 is 9.47 Å². The van der Waals surface area contributed by atoms with Crippen LogP contribution in [0, 0.1) is 0 Å². The number of hydrogen-bond acceptors (Lipinski definition) is 7. The van der Waals surface area contributed by atoms with Crippen molar-refractivity contribution in [2.45, 2.75) is 37.7 Å². The molecule has 182 valence electrons. The van der Waals surface area contributed by atoms with Gasteiger partial charge in [-0.15, -0.1) is 0 Å². The number of thiazole rings is 1. The number of rotatable bonds is 9. The van der Waals surface area contributed by atoms with Crippen LogP contribution < -0.4 is 9.64 Å². The largest absolute Gasteiger partial charge is 0.497 e. The molecule has 1 aromatic heterocycles. The Labute approximate surface area is 204 Å². The van der Waals surface area contributed by atoms with Crippen LogP contribution in [0.2, 0.25) is 0 Å². The Morgan fingerprint density at radius 3 is 2.53 bits per heavy atom. The lowest BCUT2D eigenvalue weighted by Crippen LogP contribution is -2.37. The molecule has 1 aliphatic heterocycles. The van der Waals surface area contributed by atoms with E-state index in [1.807, 2.05) is 18.2 Å². The highest BCUT2D eigenvalue weighted by Gasteiger charge is 2.28. The number of amides is 1. The molecule has 0 N–H and O–H groups in total. The second kappa shape index (κ2) is 10.4. The van der Waals surface area contributed by atoms with Crippen molar-refractivity contribution in [1.29, 1.82) is 0 Å². The molecule has 3 aromatic rings. The number of carbonyl (C=O) groups excluding carboxylic acids is 1. The first-order chi connectivity index (χ1) is 16.4. The lowest BCUT2D eigenvalue weighted by atomic mass is 10.2. The molecule has 0 saturated carbocycles. The Bertz CT molecular complexity index is 1250. The minimum Gasteiger partial charge on any atom is -0.497 e. The fourth-order valence-corrected chi connectivity index (χ4v) is 6.43. The summed E-state index contributed by atoms with van der Waals surface area (Å²) in [6, 6.07) is 11.8. The van der Waals surface area contributed by atoms with Crippen molar-refractivity contribution in [3.8, 4) is 5.75 Å². The highest BCUT2D eigenvalue weighted by molar-refractivity contribution is 7.89. The molecule has 2 heterocycles. The molecular formula is C24H29N3O5S2. The average Bonchev–Trinajstić information content (AvgIpc) is 3.52. The number of anilines is 1. The molecule has 8 nitrogen and oxygen atoms in total.